The Kier molecular flexibility index (Phi) is 7.89. The van der Waals surface area contributed by atoms with Crippen molar-refractivity contribution in [3.05, 3.63) is 144 Å². The van der Waals surface area contributed by atoms with E-state index in [4.69, 9.17) is 18.9 Å². The first-order valence-electron chi connectivity index (χ1n) is 12.4. The normalized spacial score (nSPS) is 19.9. The summed E-state index contributed by atoms with van der Waals surface area (Å²) in [6, 6.07) is 41.3. The molecule has 184 valence electrons. The number of rotatable bonds is 10. The van der Waals surface area contributed by atoms with E-state index >= 15 is 0 Å². The first-order chi connectivity index (χ1) is 17.8. The van der Waals surface area contributed by atoms with Gasteiger partial charge < -0.3 is 18.9 Å². The lowest BCUT2D eigenvalue weighted by Gasteiger charge is -2.37. The van der Waals surface area contributed by atoms with E-state index in [-0.39, 0.29) is 18.3 Å². The molecular weight excluding hydrogens is 448 g/mol. The van der Waals surface area contributed by atoms with Crippen LogP contribution in [0, 0.1) is 0 Å². The highest BCUT2D eigenvalue weighted by Crippen LogP contribution is 2.41. The lowest BCUT2D eigenvalue weighted by molar-refractivity contribution is -0.0881. The Hall–Kier alpha value is -3.28. The maximum Gasteiger partial charge on any atom is 0.143 e. The van der Waals surface area contributed by atoms with E-state index in [1.54, 1.807) is 7.11 Å². The number of ether oxygens (including phenoxy) is 4. The zero-order chi connectivity index (χ0) is 24.6. The van der Waals surface area contributed by atoms with Gasteiger partial charge in [0.1, 0.15) is 23.9 Å². The van der Waals surface area contributed by atoms with E-state index in [0.29, 0.717) is 19.8 Å². The van der Waals surface area contributed by atoms with E-state index in [1.165, 1.54) is 0 Å². The second kappa shape index (κ2) is 11.6. The van der Waals surface area contributed by atoms with E-state index in [1.807, 2.05) is 36.4 Å². The number of hydrogen-bond donors (Lipinski definition) is 0. The third-order valence-electron chi connectivity index (χ3n) is 6.79. The fraction of sp³-hybridized carbons (Fsp3) is 0.250. The molecule has 0 radical (unpaired) electrons. The van der Waals surface area contributed by atoms with Gasteiger partial charge in [-0.3, -0.25) is 0 Å². The standard InChI is InChI=1S/C32H32O4/c1-33-31-29(34-22-25-14-6-2-7-15-25)23-35-30(31)24-36-32(26-16-8-3-9-17-26,27-18-10-4-11-19-27)28-20-12-5-13-21-28/h2-21,29-31H,22-24H2,1H3/t29-,30-,31+/m1/s1. The average molecular weight is 481 g/mol. The van der Waals surface area contributed by atoms with Crippen LogP contribution in [-0.4, -0.2) is 38.6 Å². The molecule has 0 bridgehead atoms. The summed E-state index contributed by atoms with van der Waals surface area (Å²) in [5.74, 6) is 0. The second-order valence-corrected chi connectivity index (χ2v) is 9.00. The topological polar surface area (TPSA) is 36.9 Å². The summed E-state index contributed by atoms with van der Waals surface area (Å²) >= 11 is 0. The fourth-order valence-corrected chi connectivity index (χ4v) is 4.99. The summed E-state index contributed by atoms with van der Waals surface area (Å²) in [5.41, 5.74) is 3.51. The number of methoxy groups -OCH3 is 1. The molecule has 0 N–H and O–H groups in total. The van der Waals surface area contributed by atoms with Crippen LogP contribution in [0.3, 0.4) is 0 Å². The molecule has 0 spiro atoms. The third-order valence-corrected chi connectivity index (χ3v) is 6.79. The molecule has 1 fully saturated rings. The van der Waals surface area contributed by atoms with Gasteiger partial charge in [-0.25, -0.2) is 0 Å². The summed E-state index contributed by atoms with van der Waals surface area (Å²) in [7, 11) is 1.71. The summed E-state index contributed by atoms with van der Waals surface area (Å²) < 4.78 is 25.2. The van der Waals surface area contributed by atoms with Crippen molar-refractivity contribution < 1.29 is 18.9 Å². The Labute approximate surface area is 213 Å². The molecule has 0 saturated carbocycles. The van der Waals surface area contributed by atoms with Crippen molar-refractivity contribution in [1.82, 2.24) is 0 Å². The van der Waals surface area contributed by atoms with Gasteiger partial charge in [-0.05, 0) is 22.3 Å². The number of hydrogen-bond acceptors (Lipinski definition) is 4. The van der Waals surface area contributed by atoms with Crippen LogP contribution in [0.2, 0.25) is 0 Å². The molecule has 1 aliphatic rings. The molecule has 4 aromatic rings. The van der Waals surface area contributed by atoms with E-state index in [0.717, 1.165) is 22.3 Å². The van der Waals surface area contributed by atoms with Gasteiger partial charge in [0.2, 0.25) is 0 Å². The Morgan fingerprint density at radius 1 is 0.694 bits per heavy atom. The Morgan fingerprint density at radius 2 is 1.17 bits per heavy atom. The Bertz CT molecular complexity index is 1090. The minimum absolute atomic E-state index is 0.164. The molecule has 1 saturated heterocycles. The van der Waals surface area contributed by atoms with Gasteiger partial charge in [0.25, 0.3) is 0 Å². The van der Waals surface area contributed by atoms with Gasteiger partial charge in [0.05, 0.1) is 19.8 Å². The van der Waals surface area contributed by atoms with Crippen LogP contribution in [0.15, 0.2) is 121 Å². The summed E-state index contributed by atoms with van der Waals surface area (Å²) in [4.78, 5) is 0. The van der Waals surface area contributed by atoms with E-state index in [2.05, 4.69) is 84.9 Å². The maximum absolute atomic E-state index is 6.95. The zero-order valence-electron chi connectivity index (χ0n) is 20.5. The predicted molar refractivity (Wildman–Crippen MR) is 141 cm³/mol. The van der Waals surface area contributed by atoms with Crippen LogP contribution in [0.25, 0.3) is 0 Å². The molecular formula is C32H32O4. The molecule has 0 amide bonds. The molecule has 5 rings (SSSR count). The smallest absolute Gasteiger partial charge is 0.143 e. The summed E-state index contributed by atoms with van der Waals surface area (Å²) in [5, 5.41) is 0. The van der Waals surface area contributed by atoms with Crippen LogP contribution in [0.4, 0.5) is 0 Å². The largest absolute Gasteiger partial charge is 0.376 e. The molecule has 4 nitrogen and oxygen atoms in total. The molecule has 4 heteroatoms. The molecule has 0 aliphatic carbocycles. The highest BCUT2D eigenvalue weighted by Gasteiger charge is 2.43. The molecule has 0 aromatic heterocycles. The van der Waals surface area contributed by atoms with Crippen molar-refractivity contribution in [2.45, 2.75) is 30.5 Å². The first-order valence-corrected chi connectivity index (χ1v) is 12.4. The number of benzene rings is 4. The zero-order valence-corrected chi connectivity index (χ0v) is 20.5. The van der Waals surface area contributed by atoms with E-state index < -0.39 is 5.60 Å². The molecule has 1 aliphatic heterocycles. The highest BCUT2D eigenvalue weighted by molar-refractivity contribution is 5.47. The first kappa shape index (κ1) is 24.4. The molecule has 4 aromatic carbocycles. The van der Waals surface area contributed by atoms with Crippen molar-refractivity contribution in [1.29, 1.82) is 0 Å². The van der Waals surface area contributed by atoms with Crippen LogP contribution in [0.1, 0.15) is 22.3 Å². The van der Waals surface area contributed by atoms with Crippen LogP contribution >= 0.6 is 0 Å². The van der Waals surface area contributed by atoms with Crippen molar-refractivity contribution in [2.75, 3.05) is 20.3 Å². The van der Waals surface area contributed by atoms with Gasteiger partial charge in [-0.1, -0.05) is 121 Å². The summed E-state index contributed by atoms with van der Waals surface area (Å²) in [6.45, 7) is 1.33. The molecule has 3 atom stereocenters. The van der Waals surface area contributed by atoms with Gasteiger partial charge in [-0.15, -0.1) is 0 Å². The third kappa shape index (κ3) is 5.13. The minimum atomic E-state index is -0.797. The Morgan fingerprint density at radius 3 is 1.64 bits per heavy atom. The van der Waals surface area contributed by atoms with Crippen LogP contribution in [-0.2, 0) is 31.2 Å². The fourth-order valence-electron chi connectivity index (χ4n) is 4.99. The van der Waals surface area contributed by atoms with Gasteiger partial charge in [0, 0.05) is 7.11 Å². The maximum atomic E-state index is 6.95. The summed E-state index contributed by atoms with van der Waals surface area (Å²) in [6.07, 6.45) is -0.650. The van der Waals surface area contributed by atoms with Gasteiger partial charge in [-0.2, -0.15) is 0 Å². The van der Waals surface area contributed by atoms with Gasteiger partial charge >= 0.3 is 0 Å². The Balaban J connectivity index is 1.42. The lowest BCUT2D eigenvalue weighted by Crippen LogP contribution is -2.41. The van der Waals surface area contributed by atoms with Gasteiger partial charge in [0.15, 0.2) is 0 Å². The predicted octanol–water partition coefficient (Wildman–Crippen LogP) is 5.99. The molecule has 36 heavy (non-hydrogen) atoms. The average Bonchev–Trinajstić information content (AvgIpc) is 3.36. The van der Waals surface area contributed by atoms with Crippen molar-refractivity contribution in [2.24, 2.45) is 0 Å². The van der Waals surface area contributed by atoms with Crippen molar-refractivity contribution in [3.8, 4) is 0 Å². The molecule has 0 unspecified atom stereocenters. The lowest BCUT2D eigenvalue weighted by atomic mass is 9.80. The van der Waals surface area contributed by atoms with Crippen LogP contribution < -0.4 is 0 Å². The monoisotopic (exact) mass is 480 g/mol. The SMILES string of the molecule is CO[C@H]1[C@H](OCc2ccccc2)CO[C@@H]1COC(c1ccccc1)(c1ccccc1)c1ccccc1. The second-order valence-electron chi connectivity index (χ2n) is 9.00. The minimum Gasteiger partial charge on any atom is -0.376 e. The quantitative estimate of drug-likeness (QED) is 0.261. The van der Waals surface area contributed by atoms with Crippen molar-refractivity contribution >= 4 is 0 Å². The van der Waals surface area contributed by atoms with Crippen LogP contribution in [0.5, 0.6) is 0 Å². The van der Waals surface area contributed by atoms with Crippen molar-refractivity contribution in [3.63, 3.8) is 0 Å². The molecule has 1 heterocycles. The highest BCUT2D eigenvalue weighted by atomic mass is 16.6. The van der Waals surface area contributed by atoms with E-state index in [9.17, 15) is 0 Å².